The van der Waals surface area contributed by atoms with E-state index in [1.54, 1.807) is 35.1 Å². The van der Waals surface area contributed by atoms with Crippen molar-refractivity contribution in [3.8, 4) is 5.69 Å². The van der Waals surface area contributed by atoms with Crippen molar-refractivity contribution in [2.45, 2.75) is 24.7 Å². The van der Waals surface area contributed by atoms with Crippen LogP contribution in [0.2, 0.25) is 0 Å². The van der Waals surface area contributed by atoms with Crippen LogP contribution < -0.4 is 10.0 Å². The van der Waals surface area contributed by atoms with E-state index in [1.807, 2.05) is 43.5 Å². The van der Waals surface area contributed by atoms with Gasteiger partial charge in [-0.05, 0) is 43.2 Å². The third kappa shape index (κ3) is 6.00. The molecular weight excluding hydrogens is 388 g/mol. The number of rotatable bonds is 9. The predicted molar refractivity (Wildman–Crippen MR) is 111 cm³/mol. The van der Waals surface area contributed by atoms with Gasteiger partial charge in [0, 0.05) is 25.7 Å². The molecule has 0 saturated carbocycles. The molecule has 29 heavy (non-hydrogen) atoms. The summed E-state index contributed by atoms with van der Waals surface area (Å²) in [5.41, 5.74) is 2.92. The predicted octanol–water partition coefficient (Wildman–Crippen LogP) is 2.21. The zero-order chi connectivity index (χ0) is 20.7. The first-order valence-corrected chi connectivity index (χ1v) is 10.8. The minimum atomic E-state index is -3.57. The van der Waals surface area contributed by atoms with Crippen LogP contribution in [0.3, 0.4) is 0 Å². The van der Waals surface area contributed by atoms with Crippen LogP contribution in [-0.4, -0.2) is 37.2 Å². The highest BCUT2D eigenvalue weighted by molar-refractivity contribution is 7.89. The smallest absolute Gasteiger partial charge is 0.240 e. The Morgan fingerprint density at radius 3 is 2.48 bits per heavy atom. The van der Waals surface area contributed by atoms with Gasteiger partial charge < -0.3 is 5.32 Å². The Labute approximate surface area is 170 Å². The fraction of sp³-hybridized carbons (Fsp3) is 0.238. The van der Waals surface area contributed by atoms with E-state index in [4.69, 9.17) is 0 Å². The summed E-state index contributed by atoms with van der Waals surface area (Å²) in [7, 11) is -3.57. The summed E-state index contributed by atoms with van der Waals surface area (Å²) in [5.74, 6) is -0.132. The number of carbonyl (C=O) groups is 1. The van der Waals surface area contributed by atoms with Crippen molar-refractivity contribution in [3.05, 3.63) is 78.1 Å². The lowest BCUT2D eigenvalue weighted by Gasteiger charge is -2.08. The molecule has 0 radical (unpaired) electrons. The van der Waals surface area contributed by atoms with Crippen LogP contribution in [0.1, 0.15) is 17.5 Å². The number of hydrogen-bond acceptors (Lipinski definition) is 4. The molecule has 1 amide bonds. The van der Waals surface area contributed by atoms with E-state index in [2.05, 4.69) is 15.1 Å². The number of carbonyl (C=O) groups excluding carboxylic acids is 1. The van der Waals surface area contributed by atoms with Crippen LogP contribution >= 0.6 is 0 Å². The molecule has 0 atom stereocenters. The first-order valence-electron chi connectivity index (χ1n) is 9.36. The van der Waals surface area contributed by atoms with Crippen molar-refractivity contribution in [1.82, 2.24) is 19.8 Å². The van der Waals surface area contributed by atoms with Crippen LogP contribution in [0.4, 0.5) is 0 Å². The first-order chi connectivity index (χ1) is 13.9. The number of amides is 1. The number of nitrogens with one attached hydrogen (secondary N) is 2. The van der Waals surface area contributed by atoms with Crippen molar-refractivity contribution < 1.29 is 13.2 Å². The molecule has 1 aromatic heterocycles. The number of aromatic nitrogens is 2. The first kappa shape index (κ1) is 20.8. The summed E-state index contributed by atoms with van der Waals surface area (Å²) in [6.07, 6.45) is 4.52. The second-order valence-corrected chi connectivity index (χ2v) is 8.46. The summed E-state index contributed by atoms with van der Waals surface area (Å²) in [6, 6.07) is 16.4. The monoisotopic (exact) mass is 412 g/mol. The highest BCUT2D eigenvalue weighted by atomic mass is 32.2. The maximum absolute atomic E-state index is 12.2. The van der Waals surface area contributed by atoms with E-state index in [9.17, 15) is 13.2 Å². The Morgan fingerprint density at radius 1 is 1.03 bits per heavy atom. The molecule has 0 aliphatic rings. The van der Waals surface area contributed by atoms with E-state index in [0.717, 1.165) is 16.8 Å². The number of hydrogen-bond donors (Lipinski definition) is 2. The third-order valence-corrected chi connectivity index (χ3v) is 5.85. The number of sulfonamides is 1. The average Bonchev–Trinajstić information content (AvgIpc) is 3.20. The molecule has 0 saturated heterocycles. The fourth-order valence-corrected chi connectivity index (χ4v) is 3.78. The molecule has 0 aliphatic heterocycles. The molecular formula is C21H24N4O3S. The summed E-state index contributed by atoms with van der Waals surface area (Å²) in [6.45, 7) is 2.26. The van der Waals surface area contributed by atoms with E-state index in [1.165, 1.54) is 0 Å². The highest BCUT2D eigenvalue weighted by Crippen LogP contribution is 2.10. The van der Waals surface area contributed by atoms with E-state index in [0.29, 0.717) is 12.8 Å². The van der Waals surface area contributed by atoms with Crippen molar-refractivity contribution in [2.24, 2.45) is 0 Å². The summed E-state index contributed by atoms with van der Waals surface area (Å²) < 4.78 is 28.6. The SMILES string of the molecule is Cc1ccc(S(=O)(=O)NCCNC(=O)CCc2cnn(-c3ccccc3)c2)cc1. The van der Waals surface area contributed by atoms with Crippen molar-refractivity contribution in [3.63, 3.8) is 0 Å². The molecule has 0 fully saturated rings. The van der Waals surface area contributed by atoms with Gasteiger partial charge in [-0.15, -0.1) is 0 Å². The molecule has 2 aromatic carbocycles. The topological polar surface area (TPSA) is 93.1 Å². The van der Waals surface area contributed by atoms with E-state index >= 15 is 0 Å². The average molecular weight is 413 g/mol. The van der Waals surface area contributed by atoms with Gasteiger partial charge in [-0.1, -0.05) is 35.9 Å². The maximum Gasteiger partial charge on any atom is 0.240 e. The highest BCUT2D eigenvalue weighted by Gasteiger charge is 2.13. The van der Waals surface area contributed by atoms with Gasteiger partial charge in [0.25, 0.3) is 0 Å². The van der Waals surface area contributed by atoms with Gasteiger partial charge in [-0.25, -0.2) is 17.8 Å². The lowest BCUT2D eigenvalue weighted by Crippen LogP contribution is -2.34. The van der Waals surface area contributed by atoms with Crippen LogP contribution in [0.15, 0.2) is 71.9 Å². The number of benzene rings is 2. The molecule has 3 rings (SSSR count). The van der Waals surface area contributed by atoms with Crippen LogP contribution in [0.25, 0.3) is 5.69 Å². The number of aryl methyl sites for hydroxylation is 2. The maximum atomic E-state index is 12.2. The largest absolute Gasteiger partial charge is 0.355 e. The summed E-state index contributed by atoms with van der Waals surface area (Å²) in [4.78, 5) is 12.2. The third-order valence-electron chi connectivity index (χ3n) is 4.37. The van der Waals surface area contributed by atoms with E-state index in [-0.39, 0.29) is 23.9 Å². The molecule has 8 heteroatoms. The van der Waals surface area contributed by atoms with Gasteiger partial charge in [-0.3, -0.25) is 4.79 Å². The molecule has 0 spiro atoms. The van der Waals surface area contributed by atoms with Gasteiger partial charge >= 0.3 is 0 Å². The zero-order valence-electron chi connectivity index (χ0n) is 16.2. The van der Waals surface area contributed by atoms with Crippen molar-refractivity contribution in [2.75, 3.05) is 13.1 Å². The Hall–Kier alpha value is -2.97. The molecule has 0 unspecified atom stereocenters. The summed E-state index contributed by atoms with van der Waals surface area (Å²) >= 11 is 0. The Morgan fingerprint density at radius 2 is 1.76 bits per heavy atom. The standard InChI is InChI=1S/C21H24N4O3S/c1-17-7-10-20(11-8-17)29(27,28)24-14-13-22-21(26)12-9-18-15-23-25(16-18)19-5-3-2-4-6-19/h2-8,10-11,15-16,24H,9,12-14H2,1H3,(H,22,26). The van der Waals surface area contributed by atoms with Crippen LogP contribution in [0, 0.1) is 6.92 Å². The second-order valence-electron chi connectivity index (χ2n) is 6.69. The fourth-order valence-electron chi connectivity index (χ4n) is 2.75. The quantitative estimate of drug-likeness (QED) is 0.527. The minimum Gasteiger partial charge on any atom is -0.355 e. The Balaban J connectivity index is 1.39. The van der Waals surface area contributed by atoms with Gasteiger partial charge in [0.2, 0.25) is 15.9 Å². The van der Waals surface area contributed by atoms with Crippen LogP contribution in [-0.2, 0) is 21.2 Å². The number of para-hydroxylation sites is 1. The van der Waals surface area contributed by atoms with Gasteiger partial charge in [0.15, 0.2) is 0 Å². The molecule has 3 aromatic rings. The summed E-state index contributed by atoms with van der Waals surface area (Å²) in [5, 5.41) is 7.04. The minimum absolute atomic E-state index is 0.132. The van der Waals surface area contributed by atoms with Gasteiger partial charge in [0.05, 0.1) is 16.8 Å². The molecule has 2 N–H and O–H groups in total. The Kier molecular flexibility index (Phi) is 6.79. The van der Waals surface area contributed by atoms with Gasteiger partial charge in [0.1, 0.15) is 0 Å². The van der Waals surface area contributed by atoms with E-state index < -0.39 is 10.0 Å². The second kappa shape index (κ2) is 9.49. The number of nitrogens with zero attached hydrogens (tertiary/aromatic N) is 2. The Bertz CT molecular complexity index is 1050. The van der Waals surface area contributed by atoms with Gasteiger partial charge in [-0.2, -0.15) is 5.10 Å². The van der Waals surface area contributed by atoms with Crippen molar-refractivity contribution in [1.29, 1.82) is 0 Å². The van der Waals surface area contributed by atoms with Crippen LogP contribution in [0.5, 0.6) is 0 Å². The zero-order valence-corrected chi connectivity index (χ0v) is 17.0. The molecule has 1 heterocycles. The molecule has 0 bridgehead atoms. The molecule has 0 aliphatic carbocycles. The normalized spacial score (nSPS) is 11.3. The van der Waals surface area contributed by atoms with Crippen molar-refractivity contribution >= 4 is 15.9 Å². The lowest BCUT2D eigenvalue weighted by molar-refractivity contribution is -0.121. The molecule has 152 valence electrons. The molecule has 7 nitrogen and oxygen atoms in total. The lowest BCUT2D eigenvalue weighted by atomic mass is 10.2.